The molecule has 0 unspecified atom stereocenters. The highest BCUT2D eigenvalue weighted by atomic mass is 32.1. The van der Waals surface area contributed by atoms with Crippen LogP contribution in [0.15, 0.2) is 47.5 Å². The first-order valence-corrected chi connectivity index (χ1v) is 11.7. The number of carbonyl (C=O) groups is 2. The summed E-state index contributed by atoms with van der Waals surface area (Å²) in [5.74, 6) is -0.411. The van der Waals surface area contributed by atoms with Crippen molar-refractivity contribution in [1.82, 2.24) is 9.80 Å². The summed E-state index contributed by atoms with van der Waals surface area (Å²) in [4.78, 5) is 33.7. The van der Waals surface area contributed by atoms with Gasteiger partial charge in [0, 0.05) is 31.1 Å². The molecule has 0 N–H and O–H groups in total. The van der Waals surface area contributed by atoms with Gasteiger partial charge in [-0.2, -0.15) is 0 Å². The Morgan fingerprint density at radius 2 is 1.67 bits per heavy atom. The second-order valence-electron chi connectivity index (χ2n) is 7.84. The number of nitrogens with zero attached hydrogens (tertiary/aromatic N) is 3. The predicted octanol–water partition coefficient (Wildman–Crippen LogP) is 4.01. The van der Waals surface area contributed by atoms with Gasteiger partial charge < -0.3 is 9.80 Å². The van der Waals surface area contributed by atoms with Crippen molar-refractivity contribution in [2.45, 2.75) is 33.1 Å². The lowest BCUT2D eigenvalue weighted by Gasteiger charge is -2.35. The van der Waals surface area contributed by atoms with Crippen LogP contribution in [0.3, 0.4) is 0 Å². The number of hydrogen-bond acceptors (Lipinski definition) is 5. The molecule has 0 bridgehead atoms. The largest absolute Gasteiger partial charge is 0.364 e. The first-order valence-electron chi connectivity index (χ1n) is 10.9. The van der Waals surface area contributed by atoms with Gasteiger partial charge >= 0.3 is 0 Å². The van der Waals surface area contributed by atoms with Crippen LogP contribution in [0.5, 0.6) is 0 Å². The van der Waals surface area contributed by atoms with E-state index >= 15 is 0 Å². The maximum Gasteiger partial charge on any atom is 0.282 e. The lowest BCUT2D eigenvalue weighted by atomic mass is 10.1. The number of benzene rings is 1. The van der Waals surface area contributed by atoms with Gasteiger partial charge in [0.1, 0.15) is 5.70 Å². The van der Waals surface area contributed by atoms with Crippen LogP contribution in [0.25, 0.3) is 5.57 Å². The van der Waals surface area contributed by atoms with Crippen molar-refractivity contribution in [3.05, 3.63) is 57.9 Å². The maximum atomic E-state index is 13.5. The van der Waals surface area contributed by atoms with E-state index in [9.17, 15) is 9.59 Å². The number of imide groups is 1. The summed E-state index contributed by atoms with van der Waals surface area (Å²) in [5.41, 5.74) is 3.01. The van der Waals surface area contributed by atoms with Crippen LogP contribution in [0.4, 0.5) is 5.69 Å². The maximum absolute atomic E-state index is 13.5. The number of rotatable bonds is 7. The molecule has 2 amide bonds. The Morgan fingerprint density at radius 1 is 0.933 bits per heavy atom. The third-order valence-corrected chi connectivity index (χ3v) is 6.86. The van der Waals surface area contributed by atoms with Gasteiger partial charge in [-0.05, 0) is 48.5 Å². The number of anilines is 1. The molecule has 1 aromatic heterocycles. The van der Waals surface area contributed by atoms with Gasteiger partial charge in [0.25, 0.3) is 11.8 Å². The Morgan fingerprint density at radius 3 is 2.27 bits per heavy atom. The lowest BCUT2D eigenvalue weighted by molar-refractivity contribution is -0.120. The number of amides is 2. The van der Waals surface area contributed by atoms with E-state index < -0.39 is 0 Å². The number of unbranched alkanes of at least 4 members (excludes halogenated alkanes) is 1. The summed E-state index contributed by atoms with van der Waals surface area (Å²) in [7, 11) is 0. The molecule has 1 saturated heterocycles. The Labute approximate surface area is 182 Å². The van der Waals surface area contributed by atoms with Crippen LogP contribution in [0.1, 0.15) is 37.1 Å². The van der Waals surface area contributed by atoms with E-state index in [1.807, 2.05) is 41.8 Å². The summed E-state index contributed by atoms with van der Waals surface area (Å²) < 4.78 is 0. The van der Waals surface area contributed by atoms with Crippen LogP contribution in [-0.2, 0) is 16.0 Å². The van der Waals surface area contributed by atoms with Crippen molar-refractivity contribution in [2.24, 2.45) is 0 Å². The molecule has 4 rings (SSSR count). The Hall–Kier alpha value is -2.44. The topological polar surface area (TPSA) is 43.9 Å². The molecule has 0 atom stereocenters. The molecule has 0 saturated carbocycles. The van der Waals surface area contributed by atoms with Gasteiger partial charge in [0.05, 0.1) is 11.3 Å². The van der Waals surface area contributed by atoms with E-state index in [1.54, 1.807) is 0 Å². The third kappa shape index (κ3) is 3.94. The van der Waals surface area contributed by atoms with Crippen LogP contribution in [0, 0.1) is 0 Å². The molecule has 1 fully saturated rings. The molecule has 0 radical (unpaired) electrons. The van der Waals surface area contributed by atoms with E-state index in [0.29, 0.717) is 17.0 Å². The molecule has 5 nitrogen and oxygen atoms in total. The number of carbonyl (C=O) groups excluding carboxylic acids is 2. The molecule has 0 aliphatic carbocycles. The van der Waals surface area contributed by atoms with Crippen molar-refractivity contribution < 1.29 is 9.59 Å². The number of likely N-dealkylation sites (N-methyl/N-ethyl adjacent to an activating group) is 1. The highest BCUT2D eigenvalue weighted by molar-refractivity contribution is 7.11. The molecule has 3 heterocycles. The van der Waals surface area contributed by atoms with Gasteiger partial charge in [-0.3, -0.25) is 9.59 Å². The summed E-state index contributed by atoms with van der Waals surface area (Å²) in [6, 6.07) is 11.8. The van der Waals surface area contributed by atoms with Gasteiger partial charge in [0.2, 0.25) is 0 Å². The molecule has 1 aromatic carbocycles. The molecule has 2 aliphatic rings. The minimum atomic E-state index is -0.211. The van der Waals surface area contributed by atoms with Crippen molar-refractivity contribution in [3.63, 3.8) is 0 Å². The summed E-state index contributed by atoms with van der Waals surface area (Å²) in [6.07, 6.45) is 3.30. The average Bonchev–Trinajstić information content (AvgIpc) is 3.39. The van der Waals surface area contributed by atoms with Gasteiger partial charge in [-0.25, -0.2) is 4.90 Å². The van der Waals surface area contributed by atoms with E-state index in [4.69, 9.17) is 0 Å². The van der Waals surface area contributed by atoms with E-state index in [2.05, 4.69) is 23.6 Å². The zero-order valence-electron chi connectivity index (χ0n) is 17.8. The number of thiophene rings is 1. The quantitative estimate of drug-likeness (QED) is 0.631. The molecule has 6 heteroatoms. The fraction of sp³-hybridized carbons (Fsp3) is 0.417. The molecule has 30 heavy (non-hydrogen) atoms. The summed E-state index contributed by atoms with van der Waals surface area (Å²) >= 11 is 1.51. The molecule has 2 aromatic rings. The SMILES string of the molecule is CCCCc1ccc(N2C(=O)C(c3cccs3)=C(N3CCN(CC)CC3)C2=O)cc1. The molecule has 2 aliphatic heterocycles. The van der Waals surface area contributed by atoms with Crippen LogP contribution < -0.4 is 4.90 Å². The van der Waals surface area contributed by atoms with Crippen molar-refractivity contribution in [2.75, 3.05) is 37.6 Å². The average molecular weight is 424 g/mol. The van der Waals surface area contributed by atoms with Gasteiger partial charge in [-0.1, -0.05) is 38.5 Å². The Balaban J connectivity index is 1.65. The Kier molecular flexibility index (Phi) is 6.35. The minimum absolute atomic E-state index is 0.199. The van der Waals surface area contributed by atoms with Gasteiger partial charge in [-0.15, -0.1) is 11.3 Å². The lowest BCUT2D eigenvalue weighted by Crippen LogP contribution is -2.47. The standard InChI is InChI=1S/C24H29N3O2S/c1-3-5-7-18-9-11-19(12-10-18)27-23(28)21(20-8-6-17-30-20)22(24(27)29)26-15-13-25(4-2)14-16-26/h6,8-12,17H,3-5,7,13-16H2,1-2H3. The van der Waals surface area contributed by atoms with Crippen LogP contribution in [-0.4, -0.2) is 54.3 Å². The second-order valence-corrected chi connectivity index (χ2v) is 8.79. The third-order valence-electron chi connectivity index (χ3n) is 5.98. The highest BCUT2D eigenvalue weighted by Crippen LogP contribution is 2.36. The van der Waals surface area contributed by atoms with Crippen LogP contribution in [0.2, 0.25) is 0 Å². The fourth-order valence-electron chi connectivity index (χ4n) is 4.17. The van der Waals surface area contributed by atoms with Crippen molar-refractivity contribution >= 4 is 34.4 Å². The predicted molar refractivity (Wildman–Crippen MR) is 122 cm³/mol. The molecule has 0 spiro atoms. The Bertz CT molecular complexity index is 926. The number of aryl methyl sites for hydroxylation is 1. The van der Waals surface area contributed by atoms with E-state index in [0.717, 1.165) is 56.9 Å². The van der Waals surface area contributed by atoms with Crippen molar-refractivity contribution in [3.8, 4) is 0 Å². The summed E-state index contributed by atoms with van der Waals surface area (Å²) in [5, 5.41) is 1.96. The molecule has 158 valence electrons. The first kappa shape index (κ1) is 20.8. The van der Waals surface area contributed by atoms with Gasteiger partial charge in [0.15, 0.2) is 0 Å². The fourth-order valence-corrected chi connectivity index (χ4v) is 4.93. The first-order chi connectivity index (χ1) is 14.6. The number of piperazine rings is 1. The second kappa shape index (κ2) is 9.14. The normalized spacial score (nSPS) is 18.1. The monoisotopic (exact) mass is 423 g/mol. The molecular formula is C24H29N3O2S. The number of hydrogen-bond donors (Lipinski definition) is 0. The smallest absolute Gasteiger partial charge is 0.282 e. The highest BCUT2D eigenvalue weighted by Gasteiger charge is 2.43. The van der Waals surface area contributed by atoms with E-state index in [1.165, 1.54) is 21.8 Å². The van der Waals surface area contributed by atoms with Crippen LogP contribution >= 0.6 is 11.3 Å². The minimum Gasteiger partial charge on any atom is -0.364 e. The summed E-state index contributed by atoms with van der Waals surface area (Å²) in [6.45, 7) is 8.68. The molecular weight excluding hydrogens is 394 g/mol. The van der Waals surface area contributed by atoms with E-state index in [-0.39, 0.29) is 11.8 Å². The van der Waals surface area contributed by atoms with Crippen molar-refractivity contribution in [1.29, 1.82) is 0 Å². The zero-order valence-corrected chi connectivity index (χ0v) is 18.6. The zero-order chi connectivity index (χ0) is 21.1.